The first-order valence-corrected chi connectivity index (χ1v) is 12.2. The average molecular weight is 424 g/mol. The number of aromatic nitrogens is 1. The third-order valence-corrected chi connectivity index (χ3v) is 9.03. The lowest BCUT2D eigenvalue weighted by Crippen LogP contribution is -2.31. The quantitative estimate of drug-likeness (QED) is 0.683. The molecule has 1 atom stereocenters. The van der Waals surface area contributed by atoms with Crippen molar-refractivity contribution >= 4 is 20.0 Å². The molecule has 0 radical (unpaired) electrons. The number of hydrogen-bond acceptors (Lipinski definition) is 5. The molecule has 0 amide bonds. The monoisotopic (exact) mass is 423 g/mol. The van der Waals surface area contributed by atoms with Gasteiger partial charge >= 0.3 is 0 Å². The molecule has 1 saturated heterocycles. The van der Waals surface area contributed by atoms with Crippen LogP contribution < -0.4 is 0 Å². The molecule has 7 nitrogen and oxygen atoms in total. The fraction of sp³-hybridized carbons (Fsp3) is 0.421. The van der Waals surface area contributed by atoms with Crippen molar-refractivity contribution in [2.75, 3.05) is 19.6 Å². The summed E-state index contributed by atoms with van der Waals surface area (Å²) in [4.78, 5) is 4.29. The van der Waals surface area contributed by atoms with Crippen molar-refractivity contribution in [2.24, 2.45) is 0 Å². The predicted octanol–water partition coefficient (Wildman–Crippen LogP) is 2.64. The van der Waals surface area contributed by atoms with Gasteiger partial charge in [-0.3, -0.25) is 4.98 Å². The van der Waals surface area contributed by atoms with Gasteiger partial charge in [0, 0.05) is 32.0 Å². The van der Waals surface area contributed by atoms with Crippen molar-refractivity contribution in [3.63, 3.8) is 0 Å². The van der Waals surface area contributed by atoms with Crippen molar-refractivity contribution in [1.29, 1.82) is 0 Å². The summed E-state index contributed by atoms with van der Waals surface area (Å²) < 4.78 is 54.4. The number of benzene rings is 1. The Hall–Kier alpha value is -1.81. The number of rotatable bonds is 7. The molecule has 0 saturated carbocycles. The zero-order valence-corrected chi connectivity index (χ0v) is 17.7. The van der Waals surface area contributed by atoms with Crippen molar-refractivity contribution in [3.05, 3.63) is 54.4 Å². The van der Waals surface area contributed by atoms with Crippen LogP contribution >= 0.6 is 0 Å². The highest BCUT2D eigenvalue weighted by Gasteiger charge is 2.36. The van der Waals surface area contributed by atoms with Gasteiger partial charge in [0.05, 0.1) is 15.8 Å². The van der Waals surface area contributed by atoms with Crippen molar-refractivity contribution in [3.8, 4) is 0 Å². The van der Waals surface area contributed by atoms with Crippen LogP contribution in [0.4, 0.5) is 0 Å². The molecule has 0 N–H and O–H groups in total. The minimum Gasteiger partial charge on any atom is -0.264 e. The zero-order chi connectivity index (χ0) is 20.4. The summed E-state index contributed by atoms with van der Waals surface area (Å²) in [7, 11) is -7.35. The molecule has 0 spiro atoms. The van der Waals surface area contributed by atoms with E-state index >= 15 is 0 Å². The average Bonchev–Trinajstić information content (AvgIpc) is 3.20. The number of sulfonamides is 2. The van der Waals surface area contributed by atoms with E-state index in [-0.39, 0.29) is 15.8 Å². The number of nitrogens with zero attached hydrogens (tertiary/aromatic N) is 3. The maximum absolute atomic E-state index is 13.2. The predicted molar refractivity (Wildman–Crippen MR) is 107 cm³/mol. The summed E-state index contributed by atoms with van der Waals surface area (Å²) in [6, 6.07) is 8.93. The molecule has 28 heavy (non-hydrogen) atoms. The lowest BCUT2D eigenvalue weighted by molar-refractivity contribution is 0.396. The van der Waals surface area contributed by atoms with Gasteiger partial charge in [0.15, 0.2) is 0 Å². The first-order chi connectivity index (χ1) is 13.3. The Bertz CT molecular complexity index is 1000. The second kappa shape index (κ2) is 8.28. The van der Waals surface area contributed by atoms with Gasteiger partial charge in [-0.1, -0.05) is 19.9 Å². The Morgan fingerprint density at radius 1 is 1.04 bits per heavy atom. The van der Waals surface area contributed by atoms with Crippen LogP contribution in [0.1, 0.15) is 38.3 Å². The molecule has 152 valence electrons. The summed E-state index contributed by atoms with van der Waals surface area (Å²) >= 11 is 0. The van der Waals surface area contributed by atoms with Crippen LogP contribution in [0, 0.1) is 0 Å². The topological polar surface area (TPSA) is 87.7 Å². The highest BCUT2D eigenvalue weighted by Crippen LogP contribution is 2.36. The SMILES string of the molecule is CCN(CC)S(=O)(=O)c1ccc(S(=O)(=O)N2CCCC2c2cccnc2)cc1. The van der Waals surface area contributed by atoms with Crippen LogP contribution in [0.3, 0.4) is 0 Å². The molecule has 1 unspecified atom stereocenters. The first kappa shape index (κ1) is 20.9. The van der Waals surface area contributed by atoms with Crippen LogP contribution in [-0.4, -0.2) is 50.1 Å². The molecule has 2 heterocycles. The number of pyridine rings is 1. The fourth-order valence-electron chi connectivity index (χ4n) is 3.57. The molecule has 0 aliphatic carbocycles. The van der Waals surface area contributed by atoms with E-state index in [1.165, 1.54) is 32.9 Å². The lowest BCUT2D eigenvalue weighted by Gasteiger charge is -2.24. The molecule has 1 aromatic heterocycles. The van der Waals surface area contributed by atoms with Crippen LogP contribution in [0.2, 0.25) is 0 Å². The van der Waals surface area contributed by atoms with E-state index in [2.05, 4.69) is 4.98 Å². The molecule has 0 bridgehead atoms. The van der Waals surface area contributed by atoms with E-state index in [9.17, 15) is 16.8 Å². The largest absolute Gasteiger partial charge is 0.264 e. The normalized spacial score (nSPS) is 18.6. The smallest absolute Gasteiger partial charge is 0.243 e. The Labute approximate surface area is 167 Å². The summed E-state index contributed by atoms with van der Waals surface area (Å²) in [5.74, 6) is 0. The van der Waals surface area contributed by atoms with Crippen molar-refractivity contribution < 1.29 is 16.8 Å². The minimum absolute atomic E-state index is 0.0976. The molecule has 9 heteroatoms. The van der Waals surface area contributed by atoms with E-state index < -0.39 is 20.0 Å². The second-order valence-electron chi connectivity index (χ2n) is 6.62. The zero-order valence-electron chi connectivity index (χ0n) is 16.0. The van der Waals surface area contributed by atoms with Gasteiger partial charge in [-0.05, 0) is 48.7 Å². The maximum atomic E-state index is 13.2. The standard InChI is InChI=1S/C19H25N3O4S2/c1-3-21(4-2)27(23,24)17-9-11-18(12-10-17)28(25,26)22-14-6-8-19(22)16-7-5-13-20-15-16/h5,7,9-13,15,19H,3-4,6,8,14H2,1-2H3. The minimum atomic E-state index is -3.73. The summed E-state index contributed by atoms with van der Waals surface area (Å²) in [5, 5.41) is 0. The Morgan fingerprint density at radius 2 is 1.68 bits per heavy atom. The van der Waals surface area contributed by atoms with Gasteiger partial charge in [-0.2, -0.15) is 8.61 Å². The van der Waals surface area contributed by atoms with Crippen molar-refractivity contribution in [1.82, 2.24) is 13.6 Å². The molecule has 1 fully saturated rings. The van der Waals surface area contributed by atoms with E-state index in [0.717, 1.165) is 18.4 Å². The molecular formula is C19H25N3O4S2. The molecule has 1 aliphatic rings. The molecule has 1 aromatic carbocycles. The third-order valence-electron chi connectivity index (χ3n) is 5.05. The van der Waals surface area contributed by atoms with E-state index in [1.54, 1.807) is 32.3 Å². The highest BCUT2D eigenvalue weighted by molar-refractivity contribution is 7.89. The van der Waals surface area contributed by atoms with E-state index in [1.807, 2.05) is 6.07 Å². The van der Waals surface area contributed by atoms with Gasteiger partial charge in [-0.25, -0.2) is 16.8 Å². The summed E-state index contributed by atoms with van der Waals surface area (Å²) in [6.45, 7) is 4.69. The summed E-state index contributed by atoms with van der Waals surface area (Å²) in [5.41, 5.74) is 0.865. The highest BCUT2D eigenvalue weighted by atomic mass is 32.2. The van der Waals surface area contributed by atoms with E-state index in [0.29, 0.717) is 19.6 Å². The Balaban J connectivity index is 1.91. The van der Waals surface area contributed by atoms with Crippen LogP contribution in [0.5, 0.6) is 0 Å². The first-order valence-electron chi connectivity index (χ1n) is 9.34. The van der Waals surface area contributed by atoms with Crippen LogP contribution in [0.25, 0.3) is 0 Å². The molecular weight excluding hydrogens is 398 g/mol. The summed E-state index contributed by atoms with van der Waals surface area (Å²) in [6.07, 6.45) is 4.86. The van der Waals surface area contributed by atoms with Gasteiger partial charge in [0.2, 0.25) is 20.0 Å². The lowest BCUT2D eigenvalue weighted by atomic mass is 10.1. The fourth-order valence-corrected chi connectivity index (χ4v) is 6.71. The third kappa shape index (κ3) is 3.84. The van der Waals surface area contributed by atoms with Crippen LogP contribution in [0.15, 0.2) is 58.6 Å². The van der Waals surface area contributed by atoms with Crippen molar-refractivity contribution in [2.45, 2.75) is 42.5 Å². The molecule has 3 rings (SSSR count). The Kier molecular flexibility index (Phi) is 6.18. The van der Waals surface area contributed by atoms with Gasteiger partial charge in [0.1, 0.15) is 0 Å². The Morgan fingerprint density at radius 3 is 2.25 bits per heavy atom. The maximum Gasteiger partial charge on any atom is 0.243 e. The van der Waals surface area contributed by atoms with Crippen LogP contribution in [-0.2, 0) is 20.0 Å². The van der Waals surface area contributed by atoms with Gasteiger partial charge in [-0.15, -0.1) is 0 Å². The molecule has 2 aromatic rings. The molecule has 1 aliphatic heterocycles. The van der Waals surface area contributed by atoms with Gasteiger partial charge in [0.25, 0.3) is 0 Å². The number of hydrogen-bond donors (Lipinski definition) is 0. The van der Waals surface area contributed by atoms with E-state index in [4.69, 9.17) is 0 Å². The van der Waals surface area contributed by atoms with Gasteiger partial charge < -0.3 is 0 Å². The second-order valence-corrected chi connectivity index (χ2v) is 10.4.